The Labute approximate surface area is 140 Å². The lowest BCUT2D eigenvalue weighted by molar-refractivity contribution is 0.302. The number of benzene rings is 2. The largest absolute Gasteiger partial charge is 0.493 e. The van der Waals surface area contributed by atoms with E-state index in [4.69, 9.17) is 4.74 Å². The summed E-state index contributed by atoms with van der Waals surface area (Å²) in [5.74, 6) is 1.00. The Hall–Kier alpha value is -1.96. The molecule has 0 saturated heterocycles. The van der Waals surface area contributed by atoms with Crippen molar-refractivity contribution in [3.63, 3.8) is 0 Å². The average Bonchev–Trinajstić information content (AvgIpc) is 2.53. The van der Waals surface area contributed by atoms with Crippen LogP contribution in [0.4, 0.5) is 5.69 Å². The third-order valence-corrected chi connectivity index (χ3v) is 3.93. The standard InChI is InChI=1S/C21H29NO/c1-4-5-6-9-12-23-21-11-8-7-10-19(21)16-22-20-14-17(2)13-18(3)15-20/h7-8,10-11,13-15,22H,4-6,9,12,16H2,1-3H3. The Balaban J connectivity index is 1.91. The van der Waals surface area contributed by atoms with Crippen LogP contribution in [0.2, 0.25) is 0 Å². The zero-order valence-corrected chi connectivity index (χ0v) is 14.7. The Morgan fingerprint density at radius 3 is 2.39 bits per heavy atom. The van der Waals surface area contributed by atoms with Gasteiger partial charge >= 0.3 is 0 Å². The second-order valence-electron chi connectivity index (χ2n) is 6.25. The second kappa shape index (κ2) is 9.24. The number of para-hydroxylation sites is 1. The first kappa shape index (κ1) is 17.4. The monoisotopic (exact) mass is 311 g/mol. The van der Waals surface area contributed by atoms with Gasteiger partial charge < -0.3 is 10.1 Å². The summed E-state index contributed by atoms with van der Waals surface area (Å²) < 4.78 is 5.98. The van der Waals surface area contributed by atoms with Gasteiger partial charge in [-0.1, -0.05) is 50.5 Å². The highest BCUT2D eigenvalue weighted by Crippen LogP contribution is 2.21. The van der Waals surface area contributed by atoms with Gasteiger partial charge in [-0.3, -0.25) is 0 Å². The predicted octanol–water partition coefficient (Wildman–Crippen LogP) is 5.87. The molecule has 0 heterocycles. The molecular weight excluding hydrogens is 282 g/mol. The van der Waals surface area contributed by atoms with Crippen LogP contribution in [0.15, 0.2) is 42.5 Å². The summed E-state index contributed by atoms with van der Waals surface area (Å²) in [6.45, 7) is 8.08. The molecule has 0 aromatic heterocycles. The topological polar surface area (TPSA) is 21.3 Å². The molecule has 0 radical (unpaired) electrons. The molecule has 0 atom stereocenters. The number of aryl methyl sites for hydroxylation is 2. The molecule has 0 aliphatic rings. The maximum Gasteiger partial charge on any atom is 0.124 e. The molecule has 0 saturated carbocycles. The first-order valence-corrected chi connectivity index (χ1v) is 8.72. The molecule has 23 heavy (non-hydrogen) atoms. The van der Waals surface area contributed by atoms with E-state index in [2.05, 4.69) is 62.5 Å². The second-order valence-corrected chi connectivity index (χ2v) is 6.25. The third-order valence-electron chi connectivity index (χ3n) is 3.93. The van der Waals surface area contributed by atoms with Crippen LogP contribution in [-0.2, 0) is 6.54 Å². The Kier molecular flexibility index (Phi) is 6.99. The van der Waals surface area contributed by atoms with E-state index in [1.807, 2.05) is 6.07 Å². The number of unbranched alkanes of at least 4 members (excludes halogenated alkanes) is 3. The van der Waals surface area contributed by atoms with E-state index in [9.17, 15) is 0 Å². The summed E-state index contributed by atoms with van der Waals surface area (Å²) in [7, 11) is 0. The Morgan fingerprint density at radius 1 is 0.913 bits per heavy atom. The first-order chi connectivity index (χ1) is 11.2. The average molecular weight is 311 g/mol. The van der Waals surface area contributed by atoms with Crippen molar-refractivity contribution in [1.29, 1.82) is 0 Å². The summed E-state index contributed by atoms with van der Waals surface area (Å²) in [5.41, 5.74) is 4.95. The smallest absolute Gasteiger partial charge is 0.124 e. The Morgan fingerprint density at radius 2 is 1.65 bits per heavy atom. The molecule has 0 bridgehead atoms. The fourth-order valence-electron chi connectivity index (χ4n) is 2.78. The lowest BCUT2D eigenvalue weighted by Crippen LogP contribution is -2.04. The highest BCUT2D eigenvalue weighted by Gasteiger charge is 2.03. The van der Waals surface area contributed by atoms with Crippen molar-refractivity contribution >= 4 is 5.69 Å². The minimum Gasteiger partial charge on any atom is -0.493 e. The van der Waals surface area contributed by atoms with Crippen LogP contribution in [0, 0.1) is 13.8 Å². The molecule has 2 nitrogen and oxygen atoms in total. The molecule has 2 aromatic rings. The molecule has 124 valence electrons. The van der Waals surface area contributed by atoms with Gasteiger partial charge in [-0.15, -0.1) is 0 Å². The van der Waals surface area contributed by atoms with Crippen LogP contribution in [0.1, 0.15) is 49.3 Å². The van der Waals surface area contributed by atoms with Crippen molar-refractivity contribution in [3.8, 4) is 5.75 Å². The van der Waals surface area contributed by atoms with Gasteiger partial charge in [0.15, 0.2) is 0 Å². The van der Waals surface area contributed by atoms with E-state index in [-0.39, 0.29) is 0 Å². The molecule has 0 aliphatic heterocycles. The van der Waals surface area contributed by atoms with E-state index in [1.54, 1.807) is 0 Å². The van der Waals surface area contributed by atoms with Crippen molar-refractivity contribution in [3.05, 3.63) is 59.2 Å². The molecule has 0 unspecified atom stereocenters. The summed E-state index contributed by atoms with van der Waals surface area (Å²) in [6.07, 6.45) is 4.93. The van der Waals surface area contributed by atoms with Crippen LogP contribution in [0.3, 0.4) is 0 Å². The highest BCUT2D eigenvalue weighted by atomic mass is 16.5. The maximum atomic E-state index is 5.98. The lowest BCUT2D eigenvalue weighted by Gasteiger charge is -2.13. The summed E-state index contributed by atoms with van der Waals surface area (Å²) in [5, 5.41) is 3.51. The minimum atomic E-state index is 0.786. The maximum absolute atomic E-state index is 5.98. The molecule has 1 N–H and O–H groups in total. The lowest BCUT2D eigenvalue weighted by atomic mass is 10.1. The first-order valence-electron chi connectivity index (χ1n) is 8.72. The fourth-order valence-corrected chi connectivity index (χ4v) is 2.78. The van der Waals surface area contributed by atoms with Crippen molar-refractivity contribution < 1.29 is 4.74 Å². The van der Waals surface area contributed by atoms with Gasteiger partial charge in [-0.25, -0.2) is 0 Å². The summed E-state index contributed by atoms with van der Waals surface area (Å²) in [6, 6.07) is 14.9. The van der Waals surface area contributed by atoms with Gasteiger partial charge in [-0.2, -0.15) is 0 Å². The number of hydrogen-bond donors (Lipinski definition) is 1. The van der Waals surface area contributed by atoms with Crippen molar-refractivity contribution in [2.45, 2.75) is 53.0 Å². The Bertz CT molecular complexity index is 586. The number of ether oxygens (including phenoxy) is 1. The molecule has 0 aliphatic carbocycles. The number of anilines is 1. The van der Waals surface area contributed by atoms with Gasteiger partial charge in [0.1, 0.15) is 5.75 Å². The van der Waals surface area contributed by atoms with E-state index < -0.39 is 0 Å². The molecule has 2 rings (SSSR count). The van der Waals surface area contributed by atoms with E-state index >= 15 is 0 Å². The SMILES string of the molecule is CCCCCCOc1ccccc1CNc1cc(C)cc(C)c1. The van der Waals surface area contributed by atoms with Crippen LogP contribution in [0.5, 0.6) is 5.75 Å². The fraction of sp³-hybridized carbons (Fsp3) is 0.429. The number of hydrogen-bond acceptors (Lipinski definition) is 2. The van der Waals surface area contributed by atoms with E-state index in [0.29, 0.717) is 0 Å². The highest BCUT2D eigenvalue weighted by molar-refractivity contribution is 5.49. The predicted molar refractivity (Wildman–Crippen MR) is 99.3 cm³/mol. The van der Waals surface area contributed by atoms with Crippen molar-refractivity contribution in [1.82, 2.24) is 0 Å². The molecule has 0 fully saturated rings. The molecule has 0 spiro atoms. The van der Waals surface area contributed by atoms with Crippen LogP contribution in [0.25, 0.3) is 0 Å². The van der Waals surface area contributed by atoms with Gasteiger partial charge in [0.05, 0.1) is 6.61 Å². The van der Waals surface area contributed by atoms with E-state index in [1.165, 1.54) is 41.6 Å². The van der Waals surface area contributed by atoms with Gasteiger partial charge in [0.2, 0.25) is 0 Å². The zero-order valence-electron chi connectivity index (χ0n) is 14.7. The number of nitrogens with one attached hydrogen (secondary N) is 1. The van der Waals surface area contributed by atoms with Crippen molar-refractivity contribution in [2.75, 3.05) is 11.9 Å². The zero-order chi connectivity index (χ0) is 16.5. The minimum absolute atomic E-state index is 0.786. The number of rotatable bonds is 9. The normalized spacial score (nSPS) is 10.6. The molecule has 2 heteroatoms. The van der Waals surface area contributed by atoms with Gasteiger partial charge in [-0.05, 0) is 49.6 Å². The third kappa shape index (κ3) is 5.97. The van der Waals surface area contributed by atoms with E-state index in [0.717, 1.165) is 25.3 Å². The van der Waals surface area contributed by atoms with Gasteiger partial charge in [0.25, 0.3) is 0 Å². The van der Waals surface area contributed by atoms with Crippen molar-refractivity contribution in [2.24, 2.45) is 0 Å². The van der Waals surface area contributed by atoms with Crippen LogP contribution < -0.4 is 10.1 Å². The summed E-state index contributed by atoms with van der Waals surface area (Å²) in [4.78, 5) is 0. The van der Waals surface area contributed by atoms with Gasteiger partial charge in [0, 0.05) is 17.8 Å². The molecular formula is C21H29NO. The summed E-state index contributed by atoms with van der Waals surface area (Å²) >= 11 is 0. The quantitative estimate of drug-likeness (QED) is 0.584. The molecule has 0 amide bonds. The van der Waals surface area contributed by atoms with Crippen LogP contribution in [-0.4, -0.2) is 6.61 Å². The van der Waals surface area contributed by atoms with Crippen LogP contribution >= 0.6 is 0 Å². The molecule has 2 aromatic carbocycles.